The smallest absolute Gasteiger partial charge is 0.874 e. The van der Waals surface area contributed by atoms with Gasteiger partial charge in [-0.2, -0.15) is 15.3 Å². The van der Waals surface area contributed by atoms with Crippen molar-refractivity contribution in [2.45, 2.75) is 13.8 Å². The average molecular weight is 756 g/mol. The Morgan fingerprint density at radius 2 is 1.15 bits per heavy atom. The fourth-order valence-electron chi connectivity index (χ4n) is 3.53. The SMILES string of the molecule is CC(O)=C(N=Nc1cc([N+](=O)[O-])ccc1[O-])C(=O)Nc1ccccc1.CC([O-])=C(N=Nc1cc([N+](=O)[O-])ccc1[O-])C([O-])=Nc1ccccc1.[Cr+3].[Na+]. The van der Waals surface area contributed by atoms with E-state index in [1.807, 2.05) is 0 Å². The van der Waals surface area contributed by atoms with Crippen LogP contribution in [0.1, 0.15) is 13.8 Å². The van der Waals surface area contributed by atoms with Gasteiger partial charge < -0.3 is 30.8 Å². The van der Waals surface area contributed by atoms with Crippen molar-refractivity contribution in [3.05, 3.63) is 140 Å². The topological polar surface area (TPSA) is 290 Å². The summed E-state index contributed by atoms with van der Waals surface area (Å²) in [6, 6.07) is 22.5. The van der Waals surface area contributed by atoms with Crippen LogP contribution in [0.3, 0.4) is 0 Å². The first kappa shape index (κ1) is 44.1. The Hall–Kier alpha value is -5.97. The van der Waals surface area contributed by atoms with Crippen molar-refractivity contribution < 1.29 is 87.1 Å². The maximum Gasteiger partial charge on any atom is 3.00 e. The Labute approximate surface area is 327 Å². The number of anilines is 1. The molecule has 0 aromatic heterocycles. The predicted molar refractivity (Wildman–Crippen MR) is 171 cm³/mol. The van der Waals surface area contributed by atoms with E-state index in [-0.39, 0.29) is 69.7 Å². The second kappa shape index (κ2) is 21.3. The third-order valence-electron chi connectivity index (χ3n) is 5.93. The zero-order valence-electron chi connectivity index (χ0n) is 27.4. The molecule has 259 valence electrons. The van der Waals surface area contributed by atoms with Crippen LogP contribution in [0.5, 0.6) is 11.5 Å². The molecule has 0 aliphatic rings. The summed E-state index contributed by atoms with van der Waals surface area (Å²) in [5.74, 6) is -4.04. The van der Waals surface area contributed by atoms with E-state index in [4.69, 9.17) is 0 Å². The van der Waals surface area contributed by atoms with Crippen LogP contribution in [0.2, 0.25) is 0 Å². The number of amides is 1. The van der Waals surface area contributed by atoms with Gasteiger partial charge in [0, 0.05) is 35.9 Å². The Kier molecular flexibility index (Phi) is 18.0. The number of aliphatic hydroxyl groups excluding tert-OH is 1. The van der Waals surface area contributed by atoms with E-state index >= 15 is 0 Å². The molecular formula is C32H24CrN8NaO10. The molecule has 2 N–H and O–H groups in total. The van der Waals surface area contributed by atoms with E-state index in [1.165, 1.54) is 6.92 Å². The number of nitrogens with one attached hydrogen (secondary N) is 1. The van der Waals surface area contributed by atoms with Crippen molar-refractivity contribution in [1.82, 2.24) is 0 Å². The minimum absolute atomic E-state index is 0. The number of para-hydroxylation sites is 2. The molecule has 4 rings (SSSR count). The first-order valence-corrected chi connectivity index (χ1v) is 14.0. The number of nitro groups is 2. The van der Waals surface area contributed by atoms with Gasteiger partial charge in [0.05, 0.1) is 32.6 Å². The summed E-state index contributed by atoms with van der Waals surface area (Å²) in [5, 5.41) is 94.7. The summed E-state index contributed by atoms with van der Waals surface area (Å²) >= 11 is 0. The molecule has 0 bridgehead atoms. The minimum atomic E-state index is -0.930. The van der Waals surface area contributed by atoms with Gasteiger partial charge in [0.25, 0.3) is 17.3 Å². The molecule has 0 saturated carbocycles. The zero-order valence-corrected chi connectivity index (χ0v) is 30.7. The number of azo groups is 2. The monoisotopic (exact) mass is 755 g/mol. The molecule has 18 nitrogen and oxygen atoms in total. The van der Waals surface area contributed by atoms with Crippen molar-refractivity contribution in [3.8, 4) is 11.5 Å². The second-order valence-electron chi connectivity index (χ2n) is 9.63. The summed E-state index contributed by atoms with van der Waals surface area (Å²) in [5.41, 5.74) is -1.60. The van der Waals surface area contributed by atoms with E-state index in [9.17, 15) is 50.6 Å². The maximum atomic E-state index is 12.2. The average Bonchev–Trinajstić information content (AvgIpc) is 3.07. The van der Waals surface area contributed by atoms with Crippen molar-refractivity contribution in [2.24, 2.45) is 25.4 Å². The van der Waals surface area contributed by atoms with E-state index < -0.39 is 56.1 Å². The molecule has 1 amide bonds. The maximum absolute atomic E-state index is 12.2. The molecule has 52 heavy (non-hydrogen) atoms. The molecule has 0 aliphatic carbocycles. The molecule has 4 aromatic rings. The summed E-state index contributed by atoms with van der Waals surface area (Å²) in [4.78, 5) is 36.0. The first-order chi connectivity index (χ1) is 23.8. The number of nitro benzene ring substituents is 2. The Morgan fingerprint density at radius 3 is 1.58 bits per heavy atom. The van der Waals surface area contributed by atoms with Gasteiger partial charge in [0.1, 0.15) is 5.76 Å². The van der Waals surface area contributed by atoms with E-state index in [0.29, 0.717) is 11.4 Å². The Balaban J connectivity index is 0.000000501. The number of benzene rings is 4. The largest absolute Gasteiger partial charge is 3.00 e. The van der Waals surface area contributed by atoms with Gasteiger partial charge in [-0.1, -0.05) is 67.0 Å². The summed E-state index contributed by atoms with van der Waals surface area (Å²) in [6.07, 6.45) is 0. The summed E-state index contributed by atoms with van der Waals surface area (Å²) < 4.78 is 0. The van der Waals surface area contributed by atoms with Gasteiger partial charge in [-0.3, -0.25) is 30.0 Å². The zero-order chi connectivity index (χ0) is 36.8. The molecule has 1 radical (unpaired) electrons. The molecule has 0 heterocycles. The number of hydrogen-bond donors (Lipinski definition) is 2. The minimum Gasteiger partial charge on any atom is -0.874 e. The molecule has 0 fully saturated rings. The summed E-state index contributed by atoms with van der Waals surface area (Å²) in [7, 11) is 0. The Bertz CT molecular complexity index is 2040. The molecule has 0 aliphatic heterocycles. The molecular weight excluding hydrogens is 731 g/mol. The number of non-ortho nitro benzene ring substituents is 2. The summed E-state index contributed by atoms with van der Waals surface area (Å²) in [6.45, 7) is 2.32. The quantitative estimate of drug-likeness (QED) is 0.0344. The standard InChI is InChI=1S/2C16H14N4O5.Cr.Na/c2*1-10(21)15(16(23)17-11-5-3-2-4-6-11)19-18-13-9-12(20(24)25)7-8-14(13)22;;/h2*2-9,21-22H,1H3,(H,17,23);;/q;;+3;+1/p-4. The number of allylic oxidation sites excluding steroid dienone is 2. The number of carbonyl (C=O) groups excluding carboxylic acids is 1. The fourth-order valence-corrected chi connectivity index (χ4v) is 3.53. The third kappa shape index (κ3) is 13.4. The van der Waals surface area contributed by atoms with Crippen LogP contribution in [0.15, 0.2) is 145 Å². The van der Waals surface area contributed by atoms with Gasteiger partial charge in [0.2, 0.25) is 0 Å². The second-order valence-corrected chi connectivity index (χ2v) is 9.63. The van der Waals surface area contributed by atoms with Gasteiger partial charge in [0.15, 0.2) is 5.70 Å². The number of hydrogen-bond acceptors (Lipinski definition) is 15. The molecule has 4 aromatic carbocycles. The van der Waals surface area contributed by atoms with Gasteiger partial charge in [-0.15, -0.1) is 10.9 Å². The van der Waals surface area contributed by atoms with Crippen LogP contribution in [0.25, 0.3) is 0 Å². The molecule has 0 spiro atoms. The van der Waals surface area contributed by atoms with Gasteiger partial charge >= 0.3 is 46.9 Å². The molecule has 0 saturated heterocycles. The fraction of sp³-hybridized carbons (Fsp3) is 0.0625. The van der Waals surface area contributed by atoms with Gasteiger partial charge in [-0.25, -0.2) is 0 Å². The van der Waals surface area contributed by atoms with Crippen molar-refractivity contribution >= 4 is 45.9 Å². The molecule has 0 unspecified atom stereocenters. The number of rotatable bonds is 10. The van der Waals surface area contributed by atoms with Crippen LogP contribution in [0.4, 0.5) is 34.1 Å². The van der Waals surface area contributed by atoms with Crippen molar-refractivity contribution in [3.63, 3.8) is 0 Å². The van der Waals surface area contributed by atoms with Crippen molar-refractivity contribution in [2.75, 3.05) is 5.32 Å². The molecule has 20 heteroatoms. The van der Waals surface area contributed by atoms with Crippen LogP contribution in [0, 0.1) is 20.2 Å². The molecule has 0 atom stereocenters. The van der Waals surface area contributed by atoms with Crippen LogP contribution >= 0.6 is 0 Å². The number of aliphatic hydroxyl groups is 1. The van der Waals surface area contributed by atoms with Crippen LogP contribution in [-0.4, -0.2) is 26.8 Å². The van der Waals surface area contributed by atoms with E-state index in [2.05, 4.69) is 30.8 Å². The Morgan fingerprint density at radius 1 is 0.712 bits per heavy atom. The number of aliphatic imine (C=N–C) groups is 1. The van der Waals surface area contributed by atoms with E-state index in [0.717, 1.165) is 43.3 Å². The predicted octanol–water partition coefficient (Wildman–Crippen LogP) is 1.62. The first-order valence-electron chi connectivity index (χ1n) is 14.0. The number of carbonyl (C=O) groups is 1. The van der Waals surface area contributed by atoms with Gasteiger partial charge in [-0.05, 0) is 31.2 Å². The van der Waals surface area contributed by atoms with Crippen LogP contribution < -0.4 is 55.3 Å². The third-order valence-corrected chi connectivity index (χ3v) is 5.93. The normalized spacial score (nSPS) is 11.9. The number of nitrogens with zero attached hydrogens (tertiary/aromatic N) is 7. The van der Waals surface area contributed by atoms with Crippen molar-refractivity contribution in [1.29, 1.82) is 0 Å². The van der Waals surface area contributed by atoms with E-state index in [1.54, 1.807) is 60.7 Å². The van der Waals surface area contributed by atoms with Crippen LogP contribution in [-0.2, 0) is 22.2 Å².